The van der Waals surface area contributed by atoms with Crippen LogP contribution in [0.25, 0.3) is 66.1 Å². The van der Waals surface area contributed by atoms with Crippen LogP contribution in [0.2, 0.25) is 0 Å². The second kappa shape index (κ2) is 13.6. The summed E-state index contributed by atoms with van der Waals surface area (Å²) in [6.45, 7) is 0. The number of halogens is 18. The zero-order valence-electron chi connectivity index (χ0n) is 30.1. The maximum absolute atomic E-state index is 14.9. The lowest BCUT2D eigenvalue weighted by molar-refractivity contribution is -0.139. The molecule has 0 radical (unpaired) electrons. The molecule has 0 saturated heterocycles. The third kappa shape index (κ3) is 7.21. The lowest BCUT2D eigenvalue weighted by Gasteiger charge is -2.21. The van der Waals surface area contributed by atoms with E-state index in [0.29, 0.717) is 81.9 Å². The smallest absolute Gasteiger partial charge is 0.309 e. The molecule has 8 aromatic rings. The number of fused-ring (bicyclic) bond motifs is 6. The Bertz CT molecular complexity index is 2740. The molecule has 8 rings (SSSR count). The van der Waals surface area contributed by atoms with Gasteiger partial charge in [0, 0.05) is 32.9 Å². The topological polar surface area (TPSA) is 9.86 Å². The van der Waals surface area contributed by atoms with Crippen LogP contribution in [0.1, 0.15) is 33.4 Å². The van der Waals surface area contributed by atoms with Crippen molar-refractivity contribution in [1.82, 2.24) is 9.13 Å². The van der Waals surface area contributed by atoms with Crippen molar-refractivity contribution in [3.63, 3.8) is 0 Å². The molecule has 0 aliphatic carbocycles. The standard InChI is InChI=1S/C42H18F18N2/c43-37(44,45)19-1-7-25-26-8-2-20(38(46,47)48)14-34(26)61(33(25)13-19)23-5-11-31(41(55,56)57)29(17-23)30-18-24(6-12-32(30)42(58,59)60)62-35-15-21(39(49,50)51)3-9-27(35)28-10-4-22(16-36(28)62)40(52,53)54/h1-18H. The molecular formula is C42H18F18N2. The maximum atomic E-state index is 14.9. The molecular weight excluding hydrogens is 874 g/mol. The fourth-order valence-electron chi connectivity index (χ4n) is 7.58. The third-order valence-corrected chi connectivity index (χ3v) is 10.3. The molecule has 0 saturated carbocycles. The molecule has 0 fully saturated rings. The van der Waals surface area contributed by atoms with E-state index in [9.17, 15) is 79.0 Å². The van der Waals surface area contributed by atoms with Crippen LogP contribution in [0.3, 0.4) is 0 Å². The Labute approximate surface area is 333 Å². The van der Waals surface area contributed by atoms with E-state index in [1.165, 1.54) is 0 Å². The molecule has 0 aliphatic rings. The van der Waals surface area contributed by atoms with Crippen LogP contribution < -0.4 is 0 Å². The fourth-order valence-corrected chi connectivity index (χ4v) is 7.58. The van der Waals surface area contributed by atoms with Crippen molar-refractivity contribution < 1.29 is 79.0 Å². The average Bonchev–Trinajstić information content (AvgIpc) is 3.66. The highest BCUT2D eigenvalue weighted by atomic mass is 19.4. The molecule has 2 aromatic heterocycles. The summed E-state index contributed by atoms with van der Waals surface area (Å²) < 4.78 is 258. The van der Waals surface area contributed by atoms with Crippen molar-refractivity contribution >= 4 is 43.6 Å². The zero-order chi connectivity index (χ0) is 45.3. The molecule has 0 bridgehead atoms. The lowest BCUT2D eigenvalue weighted by atomic mass is 9.93. The summed E-state index contributed by atoms with van der Waals surface area (Å²) in [5.41, 5.74) is -15.1. The average molecular weight is 893 g/mol. The quantitative estimate of drug-likeness (QED) is 0.156. The van der Waals surface area contributed by atoms with E-state index in [0.717, 1.165) is 24.3 Å². The van der Waals surface area contributed by atoms with Crippen LogP contribution in [0.15, 0.2) is 109 Å². The van der Waals surface area contributed by atoms with Crippen molar-refractivity contribution in [3.8, 4) is 22.5 Å². The summed E-state index contributed by atoms with van der Waals surface area (Å²) in [6, 6.07) is 10.4. The Morgan fingerprint density at radius 3 is 0.710 bits per heavy atom. The van der Waals surface area contributed by atoms with Gasteiger partial charge in [0.2, 0.25) is 0 Å². The van der Waals surface area contributed by atoms with Gasteiger partial charge in [0.1, 0.15) is 0 Å². The Kier molecular flexibility index (Phi) is 9.28. The van der Waals surface area contributed by atoms with E-state index in [4.69, 9.17) is 0 Å². The summed E-state index contributed by atoms with van der Waals surface area (Å²) >= 11 is 0. The van der Waals surface area contributed by atoms with Gasteiger partial charge in [0.25, 0.3) is 0 Å². The first kappa shape index (κ1) is 42.4. The van der Waals surface area contributed by atoms with Crippen LogP contribution in [0.5, 0.6) is 0 Å². The molecule has 0 unspecified atom stereocenters. The summed E-state index contributed by atoms with van der Waals surface area (Å²) in [5, 5.41) is -0.541. The monoisotopic (exact) mass is 892 g/mol. The zero-order valence-corrected chi connectivity index (χ0v) is 30.1. The van der Waals surface area contributed by atoms with Gasteiger partial charge in [-0.2, -0.15) is 79.0 Å². The van der Waals surface area contributed by atoms with Crippen LogP contribution in [0.4, 0.5) is 79.0 Å². The Morgan fingerprint density at radius 2 is 0.500 bits per heavy atom. The molecule has 2 nitrogen and oxygen atoms in total. The van der Waals surface area contributed by atoms with Gasteiger partial charge in [-0.25, -0.2) is 0 Å². The van der Waals surface area contributed by atoms with Gasteiger partial charge in [-0.3, -0.25) is 0 Å². The first-order valence-corrected chi connectivity index (χ1v) is 17.4. The van der Waals surface area contributed by atoms with E-state index in [-0.39, 0.29) is 33.7 Å². The predicted octanol–water partition coefficient (Wildman–Crippen LogP) is 15.7. The van der Waals surface area contributed by atoms with Gasteiger partial charge in [-0.05, 0) is 96.1 Å². The SMILES string of the molecule is FC(F)(F)c1ccc2c3ccc(C(F)(F)F)cc3n(-c3ccc(C(F)(F)F)c(-c4cc(-n5c6cc(C(F)(F)F)ccc6c6ccc(C(F)(F)F)cc65)ccc4C(F)(F)F)c3)c2c1. The summed E-state index contributed by atoms with van der Waals surface area (Å²) in [5.74, 6) is 0. The summed E-state index contributed by atoms with van der Waals surface area (Å²) in [6.07, 6.45) is -31.3. The lowest BCUT2D eigenvalue weighted by Crippen LogP contribution is -2.13. The number of alkyl halides is 18. The number of nitrogens with zero attached hydrogens (tertiary/aromatic N) is 2. The first-order chi connectivity index (χ1) is 28.5. The number of aromatic nitrogens is 2. The van der Waals surface area contributed by atoms with Crippen molar-refractivity contribution in [3.05, 3.63) is 143 Å². The van der Waals surface area contributed by atoms with Crippen molar-refractivity contribution in [2.75, 3.05) is 0 Å². The molecule has 2 heterocycles. The van der Waals surface area contributed by atoms with Crippen molar-refractivity contribution in [1.29, 1.82) is 0 Å². The Morgan fingerprint density at radius 1 is 0.258 bits per heavy atom. The molecule has 0 amide bonds. The van der Waals surface area contributed by atoms with Crippen molar-refractivity contribution in [2.24, 2.45) is 0 Å². The van der Waals surface area contributed by atoms with Crippen LogP contribution in [-0.2, 0) is 37.1 Å². The highest BCUT2D eigenvalue weighted by molar-refractivity contribution is 6.11. The van der Waals surface area contributed by atoms with Crippen LogP contribution in [-0.4, -0.2) is 9.13 Å². The maximum Gasteiger partial charge on any atom is 0.417 e. The van der Waals surface area contributed by atoms with E-state index in [2.05, 4.69) is 0 Å². The van der Waals surface area contributed by atoms with Gasteiger partial charge in [-0.1, -0.05) is 24.3 Å². The van der Waals surface area contributed by atoms with Crippen LogP contribution in [0, 0.1) is 0 Å². The molecule has 0 spiro atoms. The minimum absolute atomic E-state index is 0.135. The Hall–Kier alpha value is -6.34. The molecule has 20 heteroatoms. The summed E-state index contributed by atoms with van der Waals surface area (Å²) in [4.78, 5) is 0. The predicted molar refractivity (Wildman–Crippen MR) is 191 cm³/mol. The number of hydrogen-bond acceptors (Lipinski definition) is 0. The minimum atomic E-state index is -5.52. The van der Waals surface area contributed by atoms with E-state index >= 15 is 0 Å². The van der Waals surface area contributed by atoms with E-state index in [1.54, 1.807) is 0 Å². The highest BCUT2D eigenvalue weighted by Gasteiger charge is 2.40. The van der Waals surface area contributed by atoms with Gasteiger partial charge >= 0.3 is 37.1 Å². The second-order valence-corrected chi connectivity index (χ2v) is 14.0. The second-order valence-electron chi connectivity index (χ2n) is 14.0. The van der Waals surface area contributed by atoms with Crippen molar-refractivity contribution in [2.45, 2.75) is 37.1 Å². The van der Waals surface area contributed by atoms with Gasteiger partial charge < -0.3 is 9.13 Å². The molecule has 0 N–H and O–H groups in total. The minimum Gasteiger partial charge on any atom is -0.309 e. The molecule has 322 valence electrons. The largest absolute Gasteiger partial charge is 0.417 e. The third-order valence-electron chi connectivity index (χ3n) is 10.3. The molecule has 62 heavy (non-hydrogen) atoms. The first-order valence-electron chi connectivity index (χ1n) is 17.4. The normalized spacial score (nSPS) is 13.6. The number of rotatable bonds is 3. The van der Waals surface area contributed by atoms with E-state index in [1.807, 2.05) is 0 Å². The Balaban J connectivity index is 1.49. The van der Waals surface area contributed by atoms with Gasteiger partial charge in [-0.15, -0.1) is 0 Å². The van der Waals surface area contributed by atoms with Crippen LogP contribution >= 0.6 is 0 Å². The molecule has 0 atom stereocenters. The highest BCUT2D eigenvalue weighted by Crippen LogP contribution is 2.47. The fraction of sp³-hybridized carbons (Fsp3) is 0.143. The van der Waals surface area contributed by atoms with Gasteiger partial charge in [0.15, 0.2) is 0 Å². The number of benzene rings is 6. The van der Waals surface area contributed by atoms with Gasteiger partial charge in [0.05, 0.1) is 55.4 Å². The van der Waals surface area contributed by atoms with E-state index < -0.39 is 115 Å². The number of hydrogen-bond donors (Lipinski definition) is 0. The molecule has 0 aliphatic heterocycles. The molecule has 6 aromatic carbocycles. The summed E-state index contributed by atoms with van der Waals surface area (Å²) in [7, 11) is 0.